The number of hydrogen-bond acceptors (Lipinski definition) is 10. The molecule has 6 N–H and O–H groups in total. The minimum atomic E-state index is -1.58. The van der Waals surface area contributed by atoms with Crippen LogP contribution >= 0.6 is 0 Å². The first-order valence-electron chi connectivity index (χ1n) is 33.1. The highest BCUT2D eigenvalue weighted by Crippen LogP contribution is 2.23. The van der Waals surface area contributed by atoms with Crippen LogP contribution in [0.3, 0.4) is 0 Å². The Morgan fingerprint density at radius 3 is 1.37 bits per heavy atom. The minimum absolute atomic E-state index is 0.00883. The van der Waals surface area contributed by atoms with Gasteiger partial charge in [0, 0.05) is 12.8 Å². The third kappa shape index (κ3) is 46.5. The highest BCUT2D eigenvalue weighted by molar-refractivity contribution is 5.76. The first-order chi connectivity index (χ1) is 38.7. The van der Waals surface area contributed by atoms with Gasteiger partial charge in [-0.3, -0.25) is 9.59 Å². The fourth-order valence-electron chi connectivity index (χ4n) is 10.1. The van der Waals surface area contributed by atoms with Crippen LogP contribution in [0.4, 0.5) is 0 Å². The predicted octanol–water partition coefficient (Wildman–Crippen LogP) is 16.2. The lowest BCUT2D eigenvalue weighted by molar-refractivity contribution is -0.302. The van der Waals surface area contributed by atoms with Gasteiger partial charge in [-0.25, -0.2) is 0 Å². The van der Waals surface area contributed by atoms with E-state index in [0.717, 1.165) is 64.2 Å². The van der Waals surface area contributed by atoms with Gasteiger partial charge in [0.1, 0.15) is 24.4 Å². The molecule has 0 aliphatic carbocycles. The molecule has 0 aromatic rings. The van der Waals surface area contributed by atoms with E-state index in [4.69, 9.17) is 14.2 Å². The third-order valence-electron chi connectivity index (χ3n) is 15.3. The van der Waals surface area contributed by atoms with Crippen LogP contribution in [-0.2, 0) is 23.8 Å². The topological polar surface area (TPSA) is 175 Å². The molecule has 0 saturated carbocycles. The van der Waals surface area contributed by atoms with E-state index in [1.54, 1.807) is 6.08 Å². The molecule has 0 aromatic carbocycles. The number of rotatable bonds is 57. The number of esters is 1. The maximum absolute atomic E-state index is 13.0. The number of ether oxygens (including phenoxy) is 3. The van der Waals surface area contributed by atoms with E-state index in [1.807, 2.05) is 6.08 Å². The molecule has 0 spiro atoms. The highest BCUT2D eigenvalue weighted by atomic mass is 16.7. The predicted molar refractivity (Wildman–Crippen MR) is 329 cm³/mol. The molecular weight excluding hydrogens is 991 g/mol. The average molecular weight is 1110 g/mol. The molecule has 0 aromatic heterocycles. The Labute approximate surface area is 484 Å². The Balaban J connectivity index is 1.95. The van der Waals surface area contributed by atoms with Gasteiger partial charge >= 0.3 is 5.97 Å². The third-order valence-corrected chi connectivity index (χ3v) is 15.3. The van der Waals surface area contributed by atoms with Gasteiger partial charge in [-0.15, -0.1) is 0 Å². The summed E-state index contributed by atoms with van der Waals surface area (Å²) in [5.74, 6) is -0.204. The maximum atomic E-state index is 13.0. The monoisotopic (exact) mass is 1110 g/mol. The second kappa shape index (κ2) is 57.2. The van der Waals surface area contributed by atoms with Crippen LogP contribution < -0.4 is 5.32 Å². The molecule has 7 unspecified atom stereocenters. The Kier molecular flexibility index (Phi) is 53.8. The van der Waals surface area contributed by atoms with E-state index >= 15 is 0 Å². The van der Waals surface area contributed by atoms with E-state index in [-0.39, 0.29) is 18.5 Å². The van der Waals surface area contributed by atoms with Gasteiger partial charge in [0.15, 0.2) is 6.29 Å². The quantitative estimate of drug-likeness (QED) is 0.0195. The summed E-state index contributed by atoms with van der Waals surface area (Å²) in [7, 11) is 0. The zero-order valence-corrected chi connectivity index (χ0v) is 50.8. The van der Waals surface area contributed by atoms with Gasteiger partial charge in [-0.05, 0) is 96.3 Å². The van der Waals surface area contributed by atoms with Crippen LogP contribution in [0.5, 0.6) is 0 Å². The first kappa shape index (κ1) is 74.4. The molecule has 11 nitrogen and oxygen atoms in total. The SMILES string of the molecule is CCCC/C=C\C/C=C\CCCCCCCC(=O)OCCCCCCCCCCCCCC/C=C\CCCCCCCCCCCCCCC(=O)NC(COC1OC(CO)C(O)C(O)C1O)C(O)/C=C/CC/C=C/CCCCC. The molecule has 79 heavy (non-hydrogen) atoms. The summed E-state index contributed by atoms with van der Waals surface area (Å²) in [6.07, 6.45) is 65.0. The summed E-state index contributed by atoms with van der Waals surface area (Å²) in [6, 6.07) is -0.827. The van der Waals surface area contributed by atoms with Crippen molar-refractivity contribution in [3.05, 3.63) is 60.8 Å². The Bertz CT molecular complexity index is 1500. The zero-order valence-electron chi connectivity index (χ0n) is 50.8. The van der Waals surface area contributed by atoms with Crippen molar-refractivity contribution in [2.24, 2.45) is 0 Å². The van der Waals surface area contributed by atoms with Crippen molar-refractivity contribution in [3.63, 3.8) is 0 Å². The Morgan fingerprint density at radius 1 is 0.468 bits per heavy atom. The normalized spacial score (nSPS) is 18.8. The van der Waals surface area contributed by atoms with Gasteiger partial charge in [-0.2, -0.15) is 0 Å². The smallest absolute Gasteiger partial charge is 0.305 e. The number of unbranched alkanes of at least 4 members (excludes halogenated alkanes) is 35. The van der Waals surface area contributed by atoms with Gasteiger partial charge in [0.05, 0.1) is 32.0 Å². The largest absolute Gasteiger partial charge is 0.466 e. The zero-order chi connectivity index (χ0) is 57.3. The molecule has 0 bridgehead atoms. The lowest BCUT2D eigenvalue weighted by Gasteiger charge is -2.40. The van der Waals surface area contributed by atoms with E-state index in [9.17, 15) is 35.1 Å². The van der Waals surface area contributed by atoms with E-state index in [1.165, 1.54) is 205 Å². The summed E-state index contributed by atoms with van der Waals surface area (Å²) in [4.78, 5) is 25.0. The summed E-state index contributed by atoms with van der Waals surface area (Å²) in [5, 5.41) is 54.2. The number of carbonyl (C=O) groups is 2. The van der Waals surface area contributed by atoms with Crippen molar-refractivity contribution >= 4 is 11.9 Å². The van der Waals surface area contributed by atoms with Gasteiger partial charge < -0.3 is 45.1 Å². The number of nitrogens with one attached hydrogen (secondary N) is 1. The molecule has 1 saturated heterocycles. The van der Waals surface area contributed by atoms with Gasteiger partial charge in [0.2, 0.25) is 5.91 Å². The number of hydrogen-bond donors (Lipinski definition) is 6. The lowest BCUT2D eigenvalue weighted by atomic mass is 9.99. The van der Waals surface area contributed by atoms with Crippen molar-refractivity contribution in [2.75, 3.05) is 19.8 Å². The van der Waals surface area contributed by atoms with E-state index in [2.05, 4.69) is 67.8 Å². The maximum Gasteiger partial charge on any atom is 0.305 e. The summed E-state index contributed by atoms with van der Waals surface area (Å²) >= 11 is 0. The minimum Gasteiger partial charge on any atom is -0.466 e. The van der Waals surface area contributed by atoms with Crippen molar-refractivity contribution in [2.45, 2.75) is 339 Å². The van der Waals surface area contributed by atoms with Crippen LogP contribution in [0.25, 0.3) is 0 Å². The van der Waals surface area contributed by atoms with Crippen LogP contribution in [0.15, 0.2) is 60.8 Å². The van der Waals surface area contributed by atoms with Crippen molar-refractivity contribution in [1.29, 1.82) is 0 Å². The molecular formula is C68H123NO10. The van der Waals surface area contributed by atoms with Crippen LogP contribution in [0.2, 0.25) is 0 Å². The van der Waals surface area contributed by atoms with Crippen LogP contribution in [0, 0.1) is 0 Å². The van der Waals surface area contributed by atoms with Crippen molar-refractivity contribution in [1.82, 2.24) is 5.32 Å². The number of aliphatic hydroxyl groups excluding tert-OH is 5. The summed E-state index contributed by atoms with van der Waals surface area (Å²) < 4.78 is 16.7. The number of amides is 1. The molecule has 1 aliphatic rings. The second-order valence-corrected chi connectivity index (χ2v) is 22.8. The van der Waals surface area contributed by atoms with Crippen LogP contribution in [0.1, 0.15) is 296 Å². The summed E-state index contributed by atoms with van der Waals surface area (Å²) in [6.45, 7) is 4.24. The fourth-order valence-corrected chi connectivity index (χ4v) is 10.1. The lowest BCUT2D eigenvalue weighted by Crippen LogP contribution is -2.60. The Morgan fingerprint density at radius 2 is 0.873 bits per heavy atom. The number of carbonyl (C=O) groups excluding carboxylic acids is 2. The molecule has 460 valence electrons. The molecule has 1 heterocycles. The molecule has 11 heteroatoms. The molecule has 7 atom stereocenters. The standard InChI is InChI=1S/C68H123NO10/c1-3-5-7-9-11-13-14-15-33-36-40-44-48-52-56-64(73)77-57-53-49-45-41-37-34-31-29-27-25-23-21-19-17-16-18-20-22-24-26-28-30-32-35-39-43-47-51-55-63(72)69-60(61(71)54-50-46-42-38-12-10-8-6-4-2)59-78-68-67(76)66(75)65(74)62(58-70)79-68/h9,11-12,14-17,38,50,54,60-62,65-68,70-71,74-76H,3-8,10,13,18-37,39-49,51-53,55-59H2,1-2H3,(H,69,72)/b11-9-,15-14-,17-16-,38-12+,54-50+. The van der Waals surface area contributed by atoms with Gasteiger partial charge in [-0.1, -0.05) is 248 Å². The molecule has 1 amide bonds. The first-order valence-corrected chi connectivity index (χ1v) is 33.1. The number of aliphatic hydroxyl groups is 5. The molecule has 1 aliphatic heterocycles. The average Bonchev–Trinajstić information content (AvgIpc) is 3.47. The van der Waals surface area contributed by atoms with E-state index < -0.39 is 49.5 Å². The Hall–Kier alpha value is -2.64. The van der Waals surface area contributed by atoms with Gasteiger partial charge in [0.25, 0.3) is 0 Å². The van der Waals surface area contributed by atoms with E-state index in [0.29, 0.717) is 19.4 Å². The molecule has 0 radical (unpaired) electrons. The highest BCUT2D eigenvalue weighted by Gasteiger charge is 2.44. The fraction of sp³-hybridized carbons (Fsp3) is 0.824. The summed E-state index contributed by atoms with van der Waals surface area (Å²) in [5.41, 5.74) is 0. The molecule has 1 fully saturated rings. The second-order valence-electron chi connectivity index (χ2n) is 22.8. The molecule has 1 rings (SSSR count). The van der Waals surface area contributed by atoms with Crippen LogP contribution in [-0.4, -0.2) is 100 Å². The van der Waals surface area contributed by atoms with Crippen molar-refractivity contribution < 1.29 is 49.3 Å². The number of allylic oxidation sites excluding steroid dienone is 9. The van der Waals surface area contributed by atoms with Crippen molar-refractivity contribution in [3.8, 4) is 0 Å².